The zero-order valence-electron chi connectivity index (χ0n) is 14.3. The largest absolute Gasteiger partial charge is 0.466 e. The molecular formula is C19H24N2O3. The van der Waals surface area contributed by atoms with Gasteiger partial charge < -0.3 is 14.6 Å². The number of benzene rings is 1. The van der Waals surface area contributed by atoms with Gasteiger partial charge in [-0.15, -0.1) is 0 Å². The third kappa shape index (κ3) is 3.36. The van der Waals surface area contributed by atoms with Gasteiger partial charge in [0.25, 0.3) is 0 Å². The number of rotatable bonds is 5. The van der Waals surface area contributed by atoms with Crippen LogP contribution in [0.2, 0.25) is 0 Å². The summed E-state index contributed by atoms with van der Waals surface area (Å²) in [5.41, 5.74) is 2.46. The van der Waals surface area contributed by atoms with Crippen LogP contribution in [0.1, 0.15) is 31.1 Å². The van der Waals surface area contributed by atoms with Crippen LogP contribution >= 0.6 is 0 Å². The molecule has 128 valence electrons. The van der Waals surface area contributed by atoms with Crippen molar-refractivity contribution in [3.63, 3.8) is 0 Å². The van der Waals surface area contributed by atoms with E-state index < -0.39 is 5.41 Å². The van der Waals surface area contributed by atoms with E-state index in [4.69, 9.17) is 9.26 Å². The van der Waals surface area contributed by atoms with E-state index in [1.165, 1.54) is 0 Å². The molecule has 0 bridgehead atoms. The summed E-state index contributed by atoms with van der Waals surface area (Å²) < 4.78 is 10.9. The van der Waals surface area contributed by atoms with Gasteiger partial charge in [0.05, 0.1) is 12.0 Å². The van der Waals surface area contributed by atoms with Crippen LogP contribution in [0.25, 0.3) is 11.3 Å². The molecule has 1 aromatic heterocycles. The Kier molecular flexibility index (Phi) is 5.00. The smallest absolute Gasteiger partial charge is 0.313 e. The van der Waals surface area contributed by atoms with Crippen LogP contribution in [0, 0.1) is 12.3 Å². The van der Waals surface area contributed by atoms with Gasteiger partial charge >= 0.3 is 5.97 Å². The summed E-state index contributed by atoms with van der Waals surface area (Å²) in [7, 11) is 0. The molecule has 5 nitrogen and oxygen atoms in total. The van der Waals surface area contributed by atoms with Crippen molar-refractivity contribution in [2.75, 3.05) is 19.7 Å². The topological polar surface area (TPSA) is 64.4 Å². The SMILES string of the molecule is CCOC(=O)C1(Cc2cc(-c3ccccc3C)no2)CCCNC1. The minimum atomic E-state index is -0.559. The van der Waals surface area contributed by atoms with E-state index in [0.717, 1.165) is 42.0 Å². The van der Waals surface area contributed by atoms with E-state index >= 15 is 0 Å². The van der Waals surface area contributed by atoms with Crippen molar-refractivity contribution in [3.8, 4) is 11.3 Å². The molecule has 0 radical (unpaired) electrons. The first-order valence-corrected chi connectivity index (χ1v) is 8.54. The Morgan fingerprint density at radius 1 is 1.42 bits per heavy atom. The minimum Gasteiger partial charge on any atom is -0.466 e. The summed E-state index contributed by atoms with van der Waals surface area (Å²) in [6.07, 6.45) is 2.27. The molecule has 1 saturated heterocycles. The fraction of sp³-hybridized carbons (Fsp3) is 0.474. The average Bonchev–Trinajstić information content (AvgIpc) is 3.04. The van der Waals surface area contributed by atoms with E-state index in [9.17, 15) is 4.79 Å². The molecule has 1 fully saturated rings. The maximum Gasteiger partial charge on any atom is 0.313 e. The monoisotopic (exact) mass is 328 g/mol. The Balaban J connectivity index is 1.83. The van der Waals surface area contributed by atoms with Gasteiger partial charge in [0.15, 0.2) is 0 Å². The molecule has 1 aliphatic rings. The lowest BCUT2D eigenvalue weighted by Crippen LogP contribution is -2.47. The number of nitrogens with one attached hydrogen (secondary N) is 1. The third-order valence-electron chi connectivity index (χ3n) is 4.67. The third-order valence-corrected chi connectivity index (χ3v) is 4.67. The predicted octanol–water partition coefficient (Wildman–Crippen LogP) is 3.13. The molecular weight excluding hydrogens is 304 g/mol. The molecule has 0 amide bonds. The number of aryl methyl sites for hydroxylation is 1. The molecule has 1 atom stereocenters. The Morgan fingerprint density at radius 2 is 2.25 bits per heavy atom. The molecule has 0 aliphatic carbocycles. The van der Waals surface area contributed by atoms with Gasteiger partial charge in [-0.1, -0.05) is 29.4 Å². The molecule has 1 aromatic carbocycles. The van der Waals surface area contributed by atoms with Crippen molar-refractivity contribution in [1.29, 1.82) is 0 Å². The Bertz CT molecular complexity index is 702. The van der Waals surface area contributed by atoms with Crippen molar-refractivity contribution in [2.45, 2.75) is 33.1 Å². The van der Waals surface area contributed by atoms with Crippen LogP contribution in [0.15, 0.2) is 34.9 Å². The van der Waals surface area contributed by atoms with Gasteiger partial charge in [0.2, 0.25) is 0 Å². The normalized spacial score (nSPS) is 20.8. The molecule has 2 heterocycles. The first kappa shape index (κ1) is 16.7. The van der Waals surface area contributed by atoms with Gasteiger partial charge in [-0.2, -0.15) is 0 Å². The highest BCUT2D eigenvalue weighted by molar-refractivity contribution is 5.77. The van der Waals surface area contributed by atoms with Gasteiger partial charge in [0.1, 0.15) is 11.5 Å². The lowest BCUT2D eigenvalue weighted by molar-refractivity contribution is -0.156. The standard InChI is InChI=1S/C19H24N2O3/c1-3-23-18(22)19(9-6-10-20-13-19)12-15-11-17(21-24-15)16-8-5-4-7-14(16)2/h4-5,7-8,11,20H,3,6,9-10,12-13H2,1-2H3. The van der Waals surface area contributed by atoms with Crippen LogP contribution in [-0.2, 0) is 16.0 Å². The zero-order chi connectivity index (χ0) is 17.0. The van der Waals surface area contributed by atoms with Crippen LogP contribution in [-0.4, -0.2) is 30.8 Å². The molecule has 3 rings (SSSR count). The van der Waals surface area contributed by atoms with E-state index in [2.05, 4.69) is 23.5 Å². The highest BCUT2D eigenvalue weighted by atomic mass is 16.5. The molecule has 2 aromatic rings. The summed E-state index contributed by atoms with van der Waals surface area (Å²) in [6, 6.07) is 10.0. The Hall–Kier alpha value is -2.14. The highest BCUT2D eigenvalue weighted by Gasteiger charge is 2.42. The van der Waals surface area contributed by atoms with Crippen molar-refractivity contribution in [3.05, 3.63) is 41.7 Å². The summed E-state index contributed by atoms with van der Waals surface area (Å²) in [5, 5.41) is 7.52. The van der Waals surface area contributed by atoms with E-state index in [0.29, 0.717) is 19.6 Å². The average molecular weight is 328 g/mol. The van der Waals surface area contributed by atoms with E-state index in [-0.39, 0.29) is 5.97 Å². The summed E-state index contributed by atoms with van der Waals surface area (Å²) in [6.45, 7) is 5.84. The molecule has 0 spiro atoms. The second kappa shape index (κ2) is 7.18. The number of ether oxygens (including phenoxy) is 1. The maximum atomic E-state index is 12.5. The van der Waals surface area contributed by atoms with Crippen molar-refractivity contribution < 1.29 is 14.1 Å². The Labute approximate surface area is 142 Å². The van der Waals surface area contributed by atoms with Gasteiger partial charge in [-0.05, 0) is 38.8 Å². The van der Waals surface area contributed by atoms with E-state index in [1.807, 2.05) is 31.2 Å². The minimum absolute atomic E-state index is 0.147. The van der Waals surface area contributed by atoms with Crippen molar-refractivity contribution >= 4 is 5.97 Å². The summed E-state index contributed by atoms with van der Waals surface area (Å²) in [5.74, 6) is 0.580. The molecule has 5 heteroatoms. The van der Waals surface area contributed by atoms with Gasteiger partial charge in [0, 0.05) is 24.6 Å². The first-order valence-electron chi connectivity index (χ1n) is 8.54. The lowest BCUT2D eigenvalue weighted by atomic mass is 9.77. The number of aromatic nitrogens is 1. The van der Waals surface area contributed by atoms with Crippen LogP contribution in [0.5, 0.6) is 0 Å². The quantitative estimate of drug-likeness (QED) is 0.854. The molecule has 0 saturated carbocycles. The van der Waals surface area contributed by atoms with Gasteiger partial charge in [-0.25, -0.2) is 0 Å². The number of hydrogen-bond donors (Lipinski definition) is 1. The summed E-state index contributed by atoms with van der Waals surface area (Å²) in [4.78, 5) is 12.5. The summed E-state index contributed by atoms with van der Waals surface area (Å²) >= 11 is 0. The Morgan fingerprint density at radius 3 is 2.96 bits per heavy atom. The van der Waals surface area contributed by atoms with Crippen LogP contribution < -0.4 is 5.32 Å². The van der Waals surface area contributed by atoms with Crippen LogP contribution in [0.4, 0.5) is 0 Å². The zero-order valence-corrected chi connectivity index (χ0v) is 14.3. The second-order valence-electron chi connectivity index (χ2n) is 6.45. The highest BCUT2D eigenvalue weighted by Crippen LogP contribution is 2.33. The van der Waals surface area contributed by atoms with E-state index in [1.54, 1.807) is 0 Å². The number of piperidine rings is 1. The number of esters is 1. The number of carbonyl (C=O) groups is 1. The number of carbonyl (C=O) groups excluding carboxylic acids is 1. The van der Waals surface area contributed by atoms with Gasteiger partial charge in [-0.3, -0.25) is 4.79 Å². The first-order chi connectivity index (χ1) is 11.6. The van der Waals surface area contributed by atoms with Crippen molar-refractivity contribution in [2.24, 2.45) is 5.41 Å². The fourth-order valence-corrected chi connectivity index (χ4v) is 3.37. The fourth-order valence-electron chi connectivity index (χ4n) is 3.37. The van der Waals surface area contributed by atoms with Crippen molar-refractivity contribution in [1.82, 2.24) is 10.5 Å². The lowest BCUT2D eigenvalue weighted by Gasteiger charge is -2.34. The second-order valence-corrected chi connectivity index (χ2v) is 6.45. The predicted molar refractivity (Wildman–Crippen MR) is 91.5 cm³/mol. The molecule has 24 heavy (non-hydrogen) atoms. The molecule has 1 N–H and O–H groups in total. The van der Waals surface area contributed by atoms with Crippen LogP contribution in [0.3, 0.4) is 0 Å². The number of hydrogen-bond acceptors (Lipinski definition) is 5. The molecule has 1 unspecified atom stereocenters. The number of nitrogens with zero attached hydrogens (tertiary/aromatic N) is 1. The molecule has 1 aliphatic heterocycles. The maximum absolute atomic E-state index is 12.5.